The number of fused-ring (bicyclic) bond motifs is 1. The van der Waals surface area contributed by atoms with Crippen LogP contribution in [0.4, 0.5) is 0 Å². The zero-order valence-corrected chi connectivity index (χ0v) is 9.23. The summed E-state index contributed by atoms with van der Waals surface area (Å²) in [5, 5.41) is 10.2. The normalized spacial score (nSPS) is 34.7. The topological polar surface area (TPSA) is 40.5 Å². The highest BCUT2D eigenvalue weighted by Crippen LogP contribution is 2.38. The van der Waals surface area contributed by atoms with Gasteiger partial charge in [-0.2, -0.15) is 0 Å². The van der Waals surface area contributed by atoms with E-state index in [1.165, 1.54) is 0 Å². The lowest BCUT2D eigenvalue weighted by atomic mass is 9.77. The van der Waals surface area contributed by atoms with Crippen LogP contribution in [0.25, 0.3) is 0 Å². The van der Waals surface area contributed by atoms with E-state index in [4.69, 9.17) is 0 Å². The maximum Gasteiger partial charge on any atom is 0.223 e. The summed E-state index contributed by atoms with van der Waals surface area (Å²) in [6, 6.07) is 0. The van der Waals surface area contributed by atoms with Crippen molar-refractivity contribution < 1.29 is 9.90 Å². The lowest BCUT2D eigenvalue weighted by molar-refractivity contribution is -0.130. The third kappa shape index (κ3) is 1.72. The maximum absolute atomic E-state index is 11.4. The Balaban J connectivity index is 2.33. The standard InChI is InChI=1S/C12H17NO2/c1-9(14)13-8-7-12(2,15)10-5-3-4-6-11(10)13/h3,5-6,10,15H,4,7-8H2,1-2H3/t10-,12-/m0/s1. The third-order valence-corrected chi connectivity index (χ3v) is 3.31. The minimum absolute atomic E-state index is 0.0242. The van der Waals surface area contributed by atoms with Crippen molar-refractivity contribution in [2.45, 2.75) is 32.3 Å². The zero-order chi connectivity index (χ0) is 11.1. The Hall–Kier alpha value is -1.09. The van der Waals surface area contributed by atoms with E-state index in [2.05, 4.69) is 0 Å². The predicted octanol–water partition coefficient (Wildman–Crippen LogP) is 1.45. The van der Waals surface area contributed by atoms with Crippen molar-refractivity contribution >= 4 is 5.91 Å². The molecule has 3 nitrogen and oxygen atoms in total. The van der Waals surface area contributed by atoms with Crippen molar-refractivity contribution in [1.29, 1.82) is 0 Å². The fraction of sp³-hybridized carbons (Fsp3) is 0.583. The molecule has 0 spiro atoms. The minimum Gasteiger partial charge on any atom is -0.389 e. The monoisotopic (exact) mass is 207 g/mol. The lowest BCUT2D eigenvalue weighted by Crippen LogP contribution is -2.49. The molecule has 1 heterocycles. The van der Waals surface area contributed by atoms with Crippen LogP contribution in [0.1, 0.15) is 26.7 Å². The Morgan fingerprint density at radius 2 is 2.40 bits per heavy atom. The van der Waals surface area contributed by atoms with Crippen LogP contribution in [-0.2, 0) is 4.79 Å². The summed E-state index contributed by atoms with van der Waals surface area (Å²) in [6.45, 7) is 4.05. The first-order chi connectivity index (χ1) is 7.02. The molecule has 0 bridgehead atoms. The molecule has 0 radical (unpaired) electrons. The number of amides is 1. The number of likely N-dealkylation sites (tertiary alicyclic amines) is 1. The van der Waals surface area contributed by atoms with Crippen LogP contribution in [0.15, 0.2) is 23.9 Å². The highest BCUT2D eigenvalue weighted by molar-refractivity contribution is 5.76. The second-order valence-corrected chi connectivity index (χ2v) is 4.55. The van der Waals surface area contributed by atoms with Gasteiger partial charge < -0.3 is 10.0 Å². The van der Waals surface area contributed by atoms with Crippen LogP contribution in [0, 0.1) is 5.92 Å². The number of rotatable bonds is 0. The molecule has 1 aliphatic heterocycles. The second-order valence-electron chi connectivity index (χ2n) is 4.55. The van der Waals surface area contributed by atoms with Crippen LogP contribution in [-0.4, -0.2) is 28.1 Å². The molecule has 0 aromatic carbocycles. The molecular formula is C12H17NO2. The predicted molar refractivity (Wildman–Crippen MR) is 58.0 cm³/mol. The fourth-order valence-electron chi connectivity index (χ4n) is 2.39. The van der Waals surface area contributed by atoms with E-state index in [9.17, 15) is 9.90 Å². The molecule has 1 saturated heterocycles. The van der Waals surface area contributed by atoms with Gasteiger partial charge in [0.25, 0.3) is 0 Å². The largest absolute Gasteiger partial charge is 0.389 e. The van der Waals surface area contributed by atoms with Gasteiger partial charge in [0, 0.05) is 25.1 Å². The van der Waals surface area contributed by atoms with Crippen molar-refractivity contribution in [2.24, 2.45) is 5.92 Å². The number of allylic oxidation sites excluding steroid dienone is 2. The van der Waals surface area contributed by atoms with Gasteiger partial charge in [-0.25, -0.2) is 0 Å². The van der Waals surface area contributed by atoms with Gasteiger partial charge in [0.2, 0.25) is 5.91 Å². The molecular weight excluding hydrogens is 190 g/mol. The van der Waals surface area contributed by atoms with Crippen LogP contribution in [0.3, 0.4) is 0 Å². The molecule has 1 fully saturated rings. The smallest absolute Gasteiger partial charge is 0.223 e. The molecule has 2 aliphatic rings. The Morgan fingerprint density at radius 1 is 1.67 bits per heavy atom. The van der Waals surface area contributed by atoms with Gasteiger partial charge in [-0.15, -0.1) is 0 Å². The summed E-state index contributed by atoms with van der Waals surface area (Å²) in [6.07, 6.45) is 7.60. The summed E-state index contributed by atoms with van der Waals surface area (Å²) in [4.78, 5) is 13.2. The van der Waals surface area contributed by atoms with E-state index in [0.29, 0.717) is 13.0 Å². The lowest BCUT2D eigenvalue weighted by Gasteiger charge is -2.44. The summed E-state index contributed by atoms with van der Waals surface area (Å²) < 4.78 is 0. The Bertz CT molecular complexity index is 342. The van der Waals surface area contributed by atoms with E-state index in [1.54, 1.807) is 11.8 Å². The first-order valence-electron chi connectivity index (χ1n) is 5.39. The van der Waals surface area contributed by atoms with Crippen LogP contribution in [0.5, 0.6) is 0 Å². The van der Waals surface area contributed by atoms with E-state index in [-0.39, 0.29) is 11.8 Å². The molecule has 1 N–H and O–H groups in total. The van der Waals surface area contributed by atoms with Crippen LogP contribution in [0.2, 0.25) is 0 Å². The first-order valence-corrected chi connectivity index (χ1v) is 5.39. The second kappa shape index (κ2) is 3.49. The highest BCUT2D eigenvalue weighted by Gasteiger charge is 2.41. The van der Waals surface area contributed by atoms with Crippen molar-refractivity contribution in [3.63, 3.8) is 0 Å². The van der Waals surface area contributed by atoms with Gasteiger partial charge in [0.05, 0.1) is 5.60 Å². The maximum atomic E-state index is 11.4. The number of carbonyl (C=O) groups is 1. The number of nitrogens with zero attached hydrogens (tertiary/aromatic N) is 1. The summed E-state index contributed by atoms with van der Waals surface area (Å²) in [7, 11) is 0. The number of carbonyl (C=O) groups excluding carboxylic acids is 1. The molecule has 2 atom stereocenters. The SMILES string of the molecule is CC(=O)N1CC[C@](C)(O)[C@H]2C=CCC=C21. The molecule has 15 heavy (non-hydrogen) atoms. The molecule has 3 heteroatoms. The average molecular weight is 207 g/mol. The summed E-state index contributed by atoms with van der Waals surface area (Å²) in [5.74, 6) is 0.0425. The van der Waals surface area contributed by atoms with E-state index in [1.807, 2.05) is 25.2 Å². The molecule has 1 aliphatic carbocycles. The third-order valence-electron chi connectivity index (χ3n) is 3.31. The van der Waals surface area contributed by atoms with Gasteiger partial charge in [-0.3, -0.25) is 4.79 Å². The van der Waals surface area contributed by atoms with E-state index >= 15 is 0 Å². The molecule has 82 valence electrons. The number of aliphatic hydroxyl groups is 1. The van der Waals surface area contributed by atoms with Gasteiger partial charge in [0.1, 0.15) is 0 Å². The Kier molecular flexibility index (Phi) is 2.43. The highest BCUT2D eigenvalue weighted by atomic mass is 16.3. The Labute approximate surface area is 90.1 Å². The first kappa shape index (κ1) is 10.4. The van der Waals surface area contributed by atoms with Crippen molar-refractivity contribution in [3.05, 3.63) is 23.9 Å². The van der Waals surface area contributed by atoms with Gasteiger partial charge in [0.15, 0.2) is 0 Å². The summed E-state index contributed by atoms with van der Waals surface area (Å²) in [5.41, 5.74) is 0.260. The van der Waals surface area contributed by atoms with Crippen LogP contribution >= 0.6 is 0 Å². The van der Waals surface area contributed by atoms with E-state index < -0.39 is 5.60 Å². The minimum atomic E-state index is -0.714. The quantitative estimate of drug-likeness (QED) is 0.611. The molecule has 0 aromatic heterocycles. The van der Waals surface area contributed by atoms with E-state index in [0.717, 1.165) is 12.1 Å². The van der Waals surface area contributed by atoms with Crippen LogP contribution < -0.4 is 0 Å². The number of hydrogen-bond donors (Lipinski definition) is 1. The van der Waals surface area contributed by atoms with Gasteiger partial charge in [-0.05, 0) is 19.8 Å². The van der Waals surface area contributed by atoms with Crippen molar-refractivity contribution in [1.82, 2.24) is 4.90 Å². The van der Waals surface area contributed by atoms with Gasteiger partial charge in [-0.1, -0.05) is 18.2 Å². The Morgan fingerprint density at radius 3 is 3.07 bits per heavy atom. The molecule has 0 saturated carbocycles. The number of piperidine rings is 1. The molecule has 0 aromatic rings. The fourth-order valence-corrected chi connectivity index (χ4v) is 2.39. The van der Waals surface area contributed by atoms with Gasteiger partial charge >= 0.3 is 0 Å². The zero-order valence-electron chi connectivity index (χ0n) is 9.23. The van der Waals surface area contributed by atoms with Crippen molar-refractivity contribution in [2.75, 3.05) is 6.54 Å². The average Bonchev–Trinajstić information content (AvgIpc) is 2.17. The summed E-state index contributed by atoms with van der Waals surface area (Å²) >= 11 is 0. The number of hydrogen-bond acceptors (Lipinski definition) is 2. The molecule has 1 amide bonds. The molecule has 0 unspecified atom stereocenters. The van der Waals surface area contributed by atoms with Crippen molar-refractivity contribution in [3.8, 4) is 0 Å². The molecule has 2 rings (SSSR count).